The fourth-order valence-electron chi connectivity index (χ4n) is 0.868. The van der Waals surface area contributed by atoms with E-state index in [-0.39, 0.29) is 16.3 Å². The molecule has 0 heterocycles. The van der Waals surface area contributed by atoms with Gasteiger partial charge < -0.3 is 4.74 Å². The SMILES string of the molecule is O=Cc1c(Br)ccc(Cl)c1OC(F)F. The Bertz CT molecular complexity index is 357. The van der Waals surface area contributed by atoms with Crippen LogP contribution in [0.15, 0.2) is 16.6 Å². The number of alkyl halides is 2. The summed E-state index contributed by atoms with van der Waals surface area (Å²) < 4.78 is 28.3. The van der Waals surface area contributed by atoms with E-state index in [4.69, 9.17) is 11.6 Å². The normalized spacial score (nSPS) is 10.4. The van der Waals surface area contributed by atoms with E-state index >= 15 is 0 Å². The average Bonchev–Trinajstić information content (AvgIpc) is 2.11. The minimum atomic E-state index is -3.01. The highest BCUT2D eigenvalue weighted by molar-refractivity contribution is 9.10. The lowest BCUT2D eigenvalue weighted by atomic mass is 10.2. The Labute approximate surface area is 91.9 Å². The van der Waals surface area contributed by atoms with Crippen LogP contribution in [0.25, 0.3) is 0 Å². The lowest BCUT2D eigenvalue weighted by molar-refractivity contribution is -0.0500. The van der Waals surface area contributed by atoms with Gasteiger partial charge >= 0.3 is 6.61 Å². The van der Waals surface area contributed by atoms with E-state index in [2.05, 4.69) is 20.7 Å². The van der Waals surface area contributed by atoms with Crippen molar-refractivity contribution in [3.05, 3.63) is 27.2 Å². The van der Waals surface area contributed by atoms with Crippen LogP contribution in [-0.2, 0) is 0 Å². The molecule has 0 aliphatic rings. The number of aldehydes is 1. The van der Waals surface area contributed by atoms with E-state index in [0.717, 1.165) is 0 Å². The summed E-state index contributed by atoms with van der Waals surface area (Å²) in [5.41, 5.74) is -0.0298. The predicted molar refractivity (Wildman–Crippen MR) is 51.2 cm³/mol. The largest absolute Gasteiger partial charge is 0.432 e. The van der Waals surface area contributed by atoms with Gasteiger partial charge in [0.25, 0.3) is 0 Å². The Kier molecular flexibility index (Phi) is 3.83. The topological polar surface area (TPSA) is 26.3 Å². The maximum absolute atomic E-state index is 11.9. The molecule has 0 radical (unpaired) electrons. The molecule has 0 aromatic heterocycles. The first kappa shape index (κ1) is 11.4. The third-order valence-corrected chi connectivity index (χ3v) is 2.41. The van der Waals surface area contributed by atoms with Crippen LogP contribution in [0.1, 0.15) is 10.4 Å². The van der Waals surface area contributed by atoms with Crippen molar-refractivity contribution in [3.63, 3.8) is 0 Å². The van der Waals surface area contributed by atoms with Crippen LogP contribution >= 0.6 is 27.5 Å². The summed E-state index contributed by atoms with van der Waals surface area (Å²) in [5, 5.41) is -0.0319. The molecule has 14 heavy (non-hydrogen) atoms. The summed E-state index contributed by atoms with van der Waals surface area (Å²) in [5.74, 6) is -0.314. The molecule has 1 aromatic rings. The molecule has 0 saturated carbocycles. The Hall–Kier alpha value is -0.680. The zero-order chi connectivity index (χ0) is 10.7. The molecule has 1 rings (SSSR count). The van der Waals surface area contributed by atoms with Crippen molar-refractivity contribution in [2.45, 2.75) is 6.61 Å². The highest BCUT2D eigenvalue weighted by Crippen LogP contribution is 2.33. The van der Waals surface area contributed by atoms with Crippen molar-refractivity contribution in [1.82, 2.24) is 0 Å². The van der Waals surface area contributed by atoms with Crippen LogP contribution in [-0.4, -0.2) is 12.9 Å². The molecule has 0 bridgehead atoms. The molecule has 76 valence electrons. The highest BCUT2D eigenvalue weighted by Gasteiger charge is 2.15. The monoisotopic (exact) mass is 284 g/mol. The molecule has 0 aliphatic carbocycles. The summed E-state index contributed by atoms with van der Waals surface area (Å²) in [6.45, 7) is -3.01. The standard InChI is InChI=1S/C8H4BrClF2O2/c9-5-1-2-6(10)7(4(5)3-13)14-8(11)12/h1-3,8H. The maximum atomic E-state index is 11.9. The second-order valence-corrected chi connectivity index (χ2v) is 3.53. The summed E-state index contributed by atoms with van der Waals surface area (Å²) in [4.78, 5) is 10.6. The maximum Gasteiger partial charge on any atom is 0.387 e. The Morgan fingerprint density at radius 1 is 1.50 bits per heavy atom. The van der Waals surface area contributed by atoms with Gasteiger partial charge in [-0.1, -0.05) is 11.6 Å². The third kappa shape index (κ3) is 2.42. The zero-order valence-corrected chi connectivity index (χ0v) is 8.98. The molecule has 0 aliphatic heterocycles. The van der Waals surface area contributed by atoms with Crippen LogP contribution in [0.5, 0.6) is 5.75 Å². The number of carbonyl (C=O) groups is 1. The van der Waals surface area contributed by atoms with E-state index in [1.807, 2.05) is 0 Å². The number of carbonyl (C=O) groups excluding carboxylic acids is 1. The van der Waals surface area contributed by atoms with E-state index in [1.165, 1.54) is 12.1 Å². The molecule has 0 fully saturated rings. The van der Waals surface area contributed by atoms with Gasteiger partial charge in [0.2, 0.25) is 0 Å². The lowest BCUT2D eigenvalue weighted by Crippen LogP contribution is -2.05. The van der Waals surface area contributed by atoms with Gasteiger partial charge in [-0.3, -0.25) is 4.79 Å². The lowest BCUT2D eigenvalue weighted by Gasteiger charge is -2.09. The quantitative estimate of drug-likeness (QED) is 0.794. The van der Waals surface area contributed by atoms with Crippen molar-refractivity contribution in [2.75, 3.05) is 0 Å². The highest BCUT2D eigenvalue weighted by atomic mass is 79.9. The molecule has 2 nitrogen and oxygen atoms in total. The van der Waals surface area contributed by atoms with E-state index < -0.39 is 6.61 Å². The molecule has 0 unspecified atom stereocenters. The summed E-state index contributed by atoms with van der Waals surface area (Å²) in [6.07, 6.45) is 0.397. The Balaban J connectivity index is 3.22. The first-order chi connectivity index (χ1) is 6.56. The number of hydrogen-bond acceptors (Lipinski definition) is 2. The minimum absolute atomic E-state index is 0.0298. The second-order valence-electron chi connectivity index (χ2n) is 2.27. The van der Waals surface area contributed by atoms with Gasteiger partial charge in [0.1, 0.15) is 0 Å². The smallest absolute Gasteiger partial charge is 0.387 e. The first-order valence-electron chi connectivity index (χ1n) is 3.44. The van der Waals surface area contributed by atoms with E-state index in [0.29, 0.717) is 10.8 Å². The summed E-state index contributed by atoms with van der Waals surface area (Å²) in [6, 6.07) is 2.83. The van der Waals surface area contributed by atoms with Gasteiger partial charge in [-0.2, -0.15) is 8.78 Å². The van der Waals surface area contributed by atoms with Gasteiger partial charge in [-0.05, 0) is 28.1 Å². The fourth-order valence-corrected chi connectivity index (χ4v) is 1.48. The van der Waals surface area contributed by atoms with Gasteiger partial charge in [-0.25, -0.2) is 0 Å². The third-order valence-electron chi connectivity index (χ3n) is 1.42. The van der Waals surface area contributed by atoms with Crippen LogP contribution in [0, 0.1) is 0 Å². The molecule has 0 N–H and O–H groups in total. The molecule has 0 saturated heterocycles. The number of halogens is 4. The van der Waals surface area contributed by atoms with Crippen LogP contribution < -0.4 is 4.74 Å². The van der Waals surface area contributed by atoms with Crippen molar-refractivity contribution >= 4 is 33.8 Å². The van der Waals surface area contributed by atoms with Crippen LogP contribution in [0.4, 0.5) is 8.78 Å². The molecule has 0 atom stereocenters. The average molecular weight is 285 g/mol. The van der Waals surface area contributed by atoms with Crippen molar-refractivity contribution < 1.29 is 18.3 Å². The van der Waals surface area contributed by atoms with Crippen molar-refractivity contribution in [3.8, 4) is 5.75 Å². The number of benzene rings is 1. The molecule has 1 aromatic carbocycles. The summed E-state index contributed by atoms with van der Waals surface area (Å²) >= 11 is 8.60. The van der Waals surface area contributed by atoms with Gasteiger partial charge in [-0.15, -0.1) is 0 Å². The van der Waals surface area contributed by atoms with E-state index in [9.17, 15) is 13.6 Å². The van der Waals surface area contributed by atoms with Gasteiger partial charge in [0, 0.05) is 4.47 Å². The van der Waals surface area contributed by atoms with E-state index in [1.54, 1.807) is 0 Å². The van der Waals surface area contributed by atoms with Crippen LogP contribution in [0.2, 0.25) is 5.02 Å². The number of ether oxygens (including phenoxy) is 1. The van der Waals surface area contributed by atoms with Gasteiger partial charge in [0.05, 0.1) is 10.6 Å². The molecule has 0 amide bonds. The van der Waals surface area contributed by atoms with Crippen molar-refractivity contribution in [2.24, 2.45) is 0 Å². The molecular formula is C8H4BrClF2O2. The number of hydrogen-bond donors (Lipinski definition) is 0. The Morgan fingerprint density at radius 2 is 2.14 bits per heavy atom. The predicted octanol–water partition coefficient (Wildman–Crippen LogP) is 3.52. The zero-order valence-electron chi connectivity index (χ0n) is 6.64. The second kappa shape index (κ2) is 4.70. The molecular weight excluding hydrogens is 281 g/mol. The first-order valence-corrected chi connectivity index (χ1v) is 4.61. The van der Waals surface area contributed by atoms with Gasteiger partial charge in [0.15, 0.2) is 12.0 Å². The van der Waals surface area contributed by atoms with Crippen LogP contribution in [0.3, 0.4) is 0 Å². The molecule has 6 heteroatoms. The molecule has 0 spiro atoms. The number of rotatable bonds is 3. The fraction of sp³-hybridized carbons (Fsp3) is 0.125. The minimum Gasteiger partial charge on any atom is -0.432 e. The summed E-state index contributed by atoms with van der Waals surface area (Å²) in [7, 11) is 0. The van der Waals surface area contributed by atoms with Crippen molar-refractivity contribution in [1.29, 1.82) is 0 Å². The Morgan fingerprint density at radius 3 is 2.64 bits per heavy atom.